The highest BCUT2D eigenvalue weighted by Crippen LogP contribution is 2.34. The van der Waals surface area contributed by atoms with Gasteiger partial charge in [-0.3, -0.25) is 19.3 Å². The highest BCUT2D eigenvalue weighted by Gasteiger charge is 2.36. The first-order valence-electron chi connectivity index (χ1n) is 10.7. The Kier molecular flexibility index (Phi) is 9.32. The molecule has 0 unspecified atom stereocenters. The minimum Gasteiger partial charge on any atom is -0.494 e. The summed E-state index contributed by atoms with van der Waals surface area (Å²) in [4.78, 5) is 50.1. The van der Waals surface area contributed by atoms with Crippen LogP contribution >= 0.6 is 27.7 Å². The number of carbonyl (C=O) groups excluding carboxylic acids is 4. The molecule has 3 amide bonds. The van der Waals surface area contributed by atoms with Crippen molar-refractivity contribution < 1.29 is 33.4 Å². The lowest BCUT2D eigenvalue weighted by molar-refractivity contribution is -0.145. The van der Waals surface area contributed by atoms with Crippen LogP contribution in [0.3, 0.4) is 0 Å². The maximum Gasteiger partial charge on any atom is 0.344 e. The third-order valence-electron chi connectivity index (χ3n) is 4.53. The SMILES string of the molecule is CCOC(=O)COc1ccc(/C=C2/SC(=O)N(CC(=O)Nc3ccc(OCC)cc3)C2=O)cc1Br. The van der Waals surface area contributed by atoms with Crippen LogP contribution in [0.15, 0.2) is 51.8 Å². The van der Waals surface area contributed by atoms with Crippen molar-refractivity contribution in [2.24, 2.45) is 0 Å². The van der Waals surface area contributed by atoms with Crippen molar-refractivity contribution in [3.05, 3.63) is 57.4 Å². The number of rotatable bonds is 10. The van der Waals surface area contributed by atoms with Gasteiger partial charge in [-0.2, -0.15) is 0 Å². The minimum atomic E-state index is -0.555. The van der Waals surface area contributed by atoms with Gasteiger partial charge < -0.3 is 19.5 Å². The molecule has 0 radical (unpaired) electrons. The minimum absolute atomic E-state index is 0.191. The van der Waals surface area contributed by atoms with Gasteiger partial charge in [0.2, 0.25) is 5.91 Å². The standard InChI is InChI=1S/C24H23BrN2O7S/c1-3-32-17-8-6-16(7-9-17)26-21(28)13-27-23(30)20(35-24(27)31)12-15-5-10-19(18(25)11-15)34-14-22(29)33-4-2/h5-12H,3-4,13-14H2,1-2H3,(H,26,28)/b20-12+. The Morgan fingerprint density at radius 1 is 1.06 bits per heavy atom. The third kappa shape index (κ3) is 7.33. The predicted octanol–water partition coefficient (Wildman–Crippen LogP) is 4.46. The summed E-state index contributed by atoms with van der Waals surface area (Å²) in [6.07, 6.45) is 1.55. The summed E-state index contributed by atoms with van der Waals surface area (Å²) in [6, 6.07) is 11.8. The second kappa shape index (κ2) is 12.4. The van der Waals surface area contributed by atoms with E-state index in [0.29, 0.717) is 33.8 Å². The Bertz CT molecular complexity index is 1150. The molecule has 2 aromatic carbocycles. The van der Waals surface area contributed by atoms with Crippen molar-refractivity contribution in [3.8, 4) is 11.5 Å². The second-order valence-corrected chi connectivity index (χ2v) is 8.90. The van der Waals surface area contributed by atoms with Crippen LogP contribution in [0.4, 0.5) is 10.5 Å². The number of carbonyl (C=O) groups is 4. The van der Waals surface area contributed by atoms with E-state index in [9.17, 15) is 19.2 Å². The van der Waals surface area contributed by atoms with Crippen molar-refractivity contribution in [2.45, 2.75) is 13.8 Å². The predicted molar refractivity (Wildman–Crippen MR) is 135 cm³/mol. The lowest BCUT2D eigenvalue weighted by atomic mass is 10.2. The first-order chi connectivity index (χ1) is 16.8. The molecule has 35 heavy (non-hydrogen) atoms. The average molecular weight is 563 g/mol. The van der Waals surface area contributed by atoms with Gasteiger partial charge in [-0.15, -0.1) is 0 Å². The van der Waals surface area contributed by atoms with E-state index in [2.05, 4.69) is 21.2 Å². The van der Waals surface area contributed by atoms with Gasteiger partial charge in [0.25, 0.3) is 11.1 Å². The molecule has 1 aliphatic rings. The van der Waals surface area contributed by atoms with Crippen LogP contribution in [0.5, 0.6) is 11.5 Å². The molecule has 0 aromatic heterocycles. The molecular formula is C24H23BrN2O7S. The van der Waals surface area contributed by atoms with Crippen LogP contribution in [-0.4, -0.2) is 54.3 Å². The van der Waals surface area contributed by atoms with E-state index in [1.807, 2.05) is 6.92 Å². The van der Waals surface area contributed by atoms with E-state index >= 15 is 0 Å². The fourth-order valence-corrected chi connectivity index (χ4v) is 4.35. The molecule has 1 heterocycles. The summed E-state index contributed by atoms with van der Waals surface area (Å²) < 4.78 is 16.2. The number of nitrogens with zero attached hydrogens (tertiary/aromatic N) is 1. The summed E-state index contributed by atoms with van der Waals surface area (Å²) in [5.74, 6) is -0.436. The number of hydrogen-bond donors (Lipinski definition) is 1. The first kappa shape index (κ1) is 26.3. The van der Waals surface area contributed by atoms with Crippen molar-refractivity contribution in [1.82, 2.24) is 4.90 Å². The third-order valence-corrected chi connectivity index (χ3v) is 6.06. The lowest BCUT2D eigenvalue weighted by Gasteiger charge is -2.12. The molecule has 1 fully saturated rings. The highest BCUT2D eigenvalue weighted by atomic mass is 79.9. The molecular weight excluding hydrogens is 540 g/mol. The van der Waals surface area contributed by atoms with E-state index < -0.39 is 29.6 Å². The summed E-state index contributed by atoms with van der Waals surface area (Å²) in [5, 5.41) is 2.13. The highest BCUT2D eigenvalue weighted by molar-refractivity contribution is 9.10. The zero-order valence-corrected chi connectivity index (χ0v) is 21.4. The molecule has 0 aliphatic carbocycles. The van der Waals surface area contributed by atoms with Crippen LogP contribution in [0.2, 0.25) is 0 Å². The summed E-state index contributed by atoms with van der Waals surface area (Å²) >= 11 is 4.12. The van der Waals surface area contributed by atoms with E-state index in [1.165, 1.54) is 0 Å². The maximum absolute atomic E-state index is 12.7. The van der Waals surface area contributed by atoms with Crippen molar-refractivity contribution in [3.63, 3.8) is 0 Å². The molecule has 0 bridgehead atoms. The molecule has 9 nitrogen and oxygen atoms in total. The van der Waals surface area contributed by atoms with Gasteiger partial charge in [0, 0.05) is 5.69 Å². The summed E-state index contributed by atoms with van der Waals surface area (Å²) in [7, 11) is 0. The molecule has 11 heteroatoms. The molecule has 184 valence electrons. The molecule has 1 aliphatic heterocycles. The van der Waals surface area contributed by atoms with Gasteiger partial charge in [-0.1, -0.05) is 6.07 Å². The van der Waals surface area contributed by atoms with E-state index in [-0.39, 0.29) is 18.1 Å². The van der Waals surface area contributed by atoms with E-state index in [4.69, 9.17) is 14.2 Å². The van der Waals surface area contributed by atoms with Gasteiger partial charge in [-0.05, 0) is 89.6 Å². The molecule has 1 saturated heterocycles. The monoisotopic (exact) mass is 562 g/mol. The van der Waals surface area contributed by atoms with Crippen molar-refractivity contribution in [2.75, 3.05) is 31.7 Å². The van der Waals surface area contributed by atoms with Crippen LogP contribution < -0.4 is 14.8 Å². The van der Waals surface area contributed by atoms with Gasteiger partial charge in [-0.25, -0.2) is 4.79 Å². The smallest absolute Gasteiger partial charge is 0.344 e. The van der Waals surface area contributed by atoms with Crippen LogP contribution in [-0.2, 0) is 19.1 Å². The molecule has 1 N–H and O–H groups in total. The second-order valence-electron chi connectivity index (χ2n) is 7.06. The fourth-order valence-electron chi connectivity index (χ4n) is 3.00. The number of hydrogen-bond acceptors (Lipinski definition) is 8. The van der Waals surface area contributed by atoms with E-state index in [0.717, 1.165) is 16.7 Å². The normalized spacial score (nSPS) is 14.3. The fraction of sp³-hybridized carbons (Fsp3) is 0.250. The lowest BCUT2D eigenvalue weighted by Crippen LogP contribution is -2.36. The van der Waals surface area contributed by atoms with Gasteiger partial charge in [0.15, 0.2) is 6.61 Å². The molecule has 0 atom stereocenters. The Balaban J connectivity index is 1.61. The Labute approximate surface area is 214 Å². The largest absolute Gasteiger partial charge is 0.494 e. The Morgan fingerprint density at radius 2 is 1.80 bits per heavy atom. The summed E-state index contributed by atoms with van der Waals surface area (Å²) in [6.45, 7) is 3.74. The van der Waals surface area contributed by atoms with Gasteiger partial charge in [0.05, 0.1) is 22.6 Å². The molecule has 0 spiro atoms. The van der Waals surface area contributed by atoms with Crippen LogP contribution in [0.1, 0.15) is 19.4 Å². The zero-order chi connectivity index (χ0) is 25.4. The Hall–Kier alpha value is -3.31. The van der Waals surface area contributed by atoms with E-state index in [1.54, 1.807) is 55.5 Å². The van der Waals surface area contributed by atoms with Gasteiger partial charge in [0.1, 0.15) is 18.0 Å². The average Bonchev–Trinajstić information content (AvgIpc) is 3.07. The van der Waals surface area contributed by atoms with Gasteiger partial charge >= 0.3 is 5.97 Å². The Morgan fingerprint density at radius 3 is 2.46 bits per heavy atom. The zero-order valence-electron chi connectivity index (χ0n) is 19.0. The molecule has 0 saturated carbocycles. The number of ether oxygens (including phenoxy) is 3. The number of benzene rings is 2. The first-order valence-corrected chi connectivity index (χ1v) is 12.3. The van der Waals surface area contributed by atoms with Crippen LogP contribution in [0.25, 0.3) is 6.08 Å². The topological polar surface area (TPSA) is 111 Å². The number of amides is 3. The number of esters is 1. The number of imide groups is 1. The number of anilines is 1. The quantitative estimate of drug-likeness (QED) is 0.333. The number of halogens is 1. The van der Waals surface area contributed by atoms with Crippen LogP contribution in [0, 0.1) is 0 Å². The van der Waals surface area contributed by atoms with Crippen molar-refractivity contribution >= 4 is 62.5 Å². The molecule has 2 aromatic rings. The van der Waals surface area contributed by atoms with Crippen molar-refractivity contribution in [1.29, 1.82) is 0 Å². The molecule has 3 rings (SSSR count). The summed E-state index contributed by atoms with van der Waals surface area (Å²) in [5.41, 5.74) is 1.15. The number of nitrogens with one attached hydrogen (secondary N) is 1. The number of thioether (sulfide) groups is 1. The maximum atomic E-state index is 12.7.